The van der Waals surface area contributed by atoms with Crippen LogP contribution in [0.3, 0.4) is 0 Å². The number of ether oxygens (including phenoxy) is 1. The van der Waals surface area contributed by atoms with Crippen LogP contribution in [0.5, 0.6) is 5.88 Å². The van der Waals surface area contributed by atoms with Gasteiger partial charge in [0.2, 0.25) is 5.88 Å². The Balaban J connectivity index is 0.000000791. The lowest BCUT2D eigenvalue weighted by molar-refractivity contribution is 0.248. The van der Waals surface area contributed by atoms with Crippen LogP contribution in [0.2, 0.25) is 0 Å². The van der Waals surface area contributed by atoms with Crippen LogP contribution in [0, 0.1) is 5.92 Å². The Bertz CT molecular complexity index is 211. The molecule has 1 aromatic heterocycles. The van der Waals surface area contributed by atoms with E-state index in [4.69, 9.17) is 4.74 Å². The molecule has 0 aliphatic heterocycles. The summed E-state index contributed by atoms with van der Waals surface area (Å²) in [5, 5.41) is 0. The highest BCUT2D eigenvalue weighted by Crippen LogP contribution is 2.07. The van der Waals surface area contributed by atoms with E-state index < -0.39 is 0 Å². The largest absolute Gasteiger partial charge is 0.477 e. The van der Waals surface area contributed by atoms with Crippen molar-refractivity contribution in [1.29, 1.82) is 0 Å². The van der Waals surface area contributed by atoms with Gasteiger partial charge in [0, 0.05) is 12.3 Å². The molecule has 0 aliphatic rings. The Morgan fingerprint density at radius 1 is 1.36 bits per heavy atom. The van der Waals surface area contributed by atoms with Crippen molar-refractivity contribution in [3.05, 3.63) is 24.4 Å². The molecule has 0 radical (unpaired) electrons. The van der Waals surface area contributed by atoms with Crippen molar-refractivity contribution in [2.24, 2.45) is 5.92 Å². The molecule has 0 bridgehead atoms. The van der Waals surface area contributed by atoms with Gasteiger partial charge in [-0.25, -0.2) is 4.98 Å². The van der Waals surface area contributed by atoms with Crippen LogP contribution in [-0.4, -0.2) is 11.6 Å². The van der Waals surface area contributed by atoms with Gasteiger partial charge in [-0.05, 0) is 12.0 Å². The highest BCUT2D eigenvalue weighted by molar-refractivity contribution is 5.08. The Morgan fingerprint density at radius 3 is 2.57 bits per heavy atom. The fraction of sp³-hybridized carbons (Fsp3) is 0.583. The molecule has 1 atom stereocenters. The molecule has 0 fully saturated rings. The predicted molar refractivity (Wildman–Crippen MR) is 60.5 cm³/mol. The van der Waals surface area contributed by atoms with E-state index in [1.54, 1.807) is 6.20 Å². The molecular formula is C12H21NO. The van der Waals surface area contributed by atoms with Crippen molar-refractivity contribution in [2.45, 2.75) is 34.1 Å². The third-order valence-electron chi connectivity index (χ3n) is 1.85. The Hall–Kier alpha value is -1.05. The lowest BCUT2D eigenvalue weighted by Crippen LogP contribution is -2.07. The molecule has 0 spiro atoms. The summed E-state index contributed by atoms with van der Waals surface area (Å²) in [6, 6.07) is 5.69. The van der Waals surface area contributed by atoms with Gasteiger partial charge in [0.05, 0.1) is 6.61 Å². The average Bonchev–Trinajstić information content (AvgIpc) is 2.30. The molecule has 0 saturated heterocycles. The summed E-state index contributed by atoms with van der Waals surface area (Å²) in [4.78, 5) is 4.06. The second-order valence-electron chi connectivity index (χ2n) is 2.99. The van der Waals surface area contributed by atoms with Crippen LogP contribution < -0.4 is 4.74 Å². The van der Waals surface area contributed by atoms with E-state index in [1.807, 2.05) is 32.0 Å². The second-order valence-corrected chi connectivity index (χ2v) is 2.99. The molecule has 0 N–H and O–H groups in total. The molecule has 0 amide bonds. The van der Waals surface area contributed by atoms with Crippen LogP contribution >= 0.6 is 0 Å². The lowest BCUT2D eigenvalue weighted by Gasteiger charge is -2.09. The Labute approximate surface area is 87.3 Å². The van der Waals surface area contributed by atoms with Crippen molar-refractivity contribution >= 4 is 0 Å². The molecule has 2 heteroatoms. The third kappa shape index (κ3) is 5.57. The van der Waals surface area contributed by atoms with Crippen LogP contribution in [0.15, 0.2) is 24.4 Å². The molecule has 2 nitrogen and oxygen atoms in total. The minimum atomic E-state index is 0.604. The summed E-state index contributed by atoms with van der Waals surface area (Å²) >= 11 is 0. The quantitative estimate of drug-likeness (QED) is 0.733. The normalized spacial score (nSPS) is 11.1. The molecule has 1 heterocycles. The zero-order chi connectivity index (χ0) is 10.8. The monoisotopic (exact) mass is 195 g/mol. The summed E-state index contributed by atoms with van der Waals surface area (Å²) in [5.41, 5.74) is 0. The van der Waals surface area contributed by atoms with E-state index in [9.17, 15) is 0 Å². The maximum atomic E-state index is 5.45. The minimum Gasteiger partial charge on any atom is -0.477 e. The SMILES string of the molecule is CC.CCC(C)COc1ccccn1. The molecule has 0 aromatic carbocycles. The minimum absolute atomic E-state index is 0.604. The fourth-order valence-electron chi connectivity index (χ4n) is 0.778. The first kappa shape index (κ1) is 12.9. The molecule has 80 valence electrons. The summed E-state index contributed by atoms with van der Waals surface area (Å²) in [6.07, 6.45) is 2.89. The number of nitrogens with zero attached hydrogens (tertiary/aromatic N) is 1. The molecule has 0 aliphatic carbocycles. The van der Waals surface area contributed by atoms with Crippen molar-refractivity contribution < 1.29 is 4.74 Å². The molecule has 1 unspecified atom stereocenters. The molecule has 1 aromatic rings. The van der Waals surface area contributed by atoms with Gasteiger partial charge in [-0.1, -0.05) is 40.2 Å². The van der Waals surface area contributed by atoms with Crippen molar-refractivity contribution in [2.75, 3.05) is 6.61 Å². The van der Waals surface area contributed by atoms with Gasteiger partial charge < -0.3 is 4.74 Å². The van der Waals surface area contributed by atoms with Gasteiger partial charge in [-0.3, -0.25) is 0 Å². The van der Waals surface area contributed by atoms with Crippen molar-refractivity contribution in [3.8, 4) is 5.88 Å². The topological polar surface area (TPSA) is 22.1 Å². The number of hydrogen-bond donors (Lipinski definition) is 0. The summed E-state index contributed by atoms with van der Waals surface area (Å²) < 4.78 is 5.45. The van der Waals surface area contributed by atoms with Crippen molar-refractivity contribution in [3.63, 3.8) is 0 Å². The van der Waals surface area contributed by atoms with E-state index in [-0.39, 0.29) is 0 Å². The first-order valence-electron chi connectivity index (χ1n) is 5.36. The van der Waals surface area contributed by atoms with Crippen molar-refractivity contribution in [1.82, 2.24) is 4.98 Å². The standard InChI is InChI=1S/C10H15NO.C2H6/c1-3-9(2)8-12-10-6-4-5-7-11-10;1-2/h4-7,9H,3,8H2,1-2H3;1-2H3. The van der Waals surface area contributed by atoms with Gasteiger partial charge in [-0.2, -0.15) is 0 Å². The molecule has 0 saturated carbocycles. The van der Waals surface area contributed by atoms with Gasteiger partial charge in [0.25, 0.3) is 0 Å². The van der Waals surface area contributed by atoms with E-state index >= 15 is 0 Å². The maximum absolute atomic E-state index is 5.45. The van der Waals surface area contributed by atoms with E-state index in [2.05, 4.69) is 18.8 Å². The third-order valence-corrected chi connectivity index (χ3v) is 1.85. The number of aromatic nitrogens is 1. The highest BCUT2D eigenvalue weighted by Gasteiger charge is 1.99. The van der Waals surface area contributed by atoms with E-state index in [0.29, 0.717) is 5.92 Å². The van der Waals surface area contributed by atoms with Crippen LogP contribution in [-0.2, 0) is 0 Å². The summed E-state index contributed by atoms with van der Waals surface area (Å²) in [7, 11) is 0. The van der Waals surface area contributed by atoms with Gasteiger partial charge in [0.15, 0.2) is 0 Å². The average molecular weight is 195 g/mol. The fourth-order valence-corrected chi connectivity index (χ4v) is 0.778. The summed E-state index contributed by atoms with van der Waals surface area (Å²) in [6.45, 7) is 9.09. The van der Waals surface area contributed by atoms with Gasteiger partial charge in [-0.15, -0.1) is 0 Å². The summed E-state index contributed by atoms with van der Waals surface area (Å²) in [5.74, 6) is 1.32. The second kappa shape index (κ2) is 8.54. The lowest BCUT2D eigenvalue weighted by atomic mass is 10.1. The van der Waals surface area contributed by atoms with Gasteiger partial charge >= 0.3 is 0 Å². The molecular weight excluding hydrogens is 174 g/mol. The van der Waals surface area contributed by atoms with E-state index in [0.717, 1.165) is 18.9 Å². The van der Waals surface area contributed by atoms with Crippen LogP contribution in [0.25, 0.3) is 0 Å². The molecule has 14 heavy (non-hydrogen) atoms. The zero-order valence-electron chi connectivity index (χ0n) is 9.66. The Kier molecular flexibility index (Phi) is 7.90. The Morgan fingerprint density at radius 2 is 2.07 bits per heavy atom. The highest BCUT2D eigenvalue weighted by atomic mass is 16.5. The van der Waals surface area contributed by atoms with Gasteiger partial charge in [0.1, 0.15) is 0 Å². The number of hydrogen-bond acceptors (Lipinski definition) is 2. The molecule has 1 rings (SSSR count). The smallest absolute Gasteiger partial charge is 0.213 e. The zero-order valence-corrected chi connectivity index (χ0v) is 9.66. The first-order valence-corrected chi connectivity index (χ1v) is 5.36. The number of pyridine rings is 1. The van der Waals surface area contributed by atoms with Crippen LogP contribution in [0.4, 0.5) is 0 Å². The first-order chi connectivity index (χ1) is 6.83. The van der Waals surface area contributed by atoms with E-state index in [1.165, 1.54) is 0 Å². The predicted octanol–water partition coefficient (Wildman–Crippen LogP) is 3.53. The maximum Gasteiger partial charge on any atom is 0.213 e. The van der Waals surface area contributed by atoms with Crippen LogP contribution in [0.1, 0.15) is 34.1 Å². The number of rotatable bonds is 4.